The molecule has 0 heterocycles. The van der Waals surface area contributed by atoms with Crippen molar-refractivity contribution in [2.24, 2.45) is 0 Å². The van der Waals surface area contributed by atoms with Crippen molar-refractivity contribution >= 4 is 23.5 Å². The molecule has 18 heavy (non-hydrogen) atoms. The van der Waals surface area contributed by atoms with Crippen molar-refractivity contribution < 1.29 is 32.7 Å². The van der Waals surface area contributed by atoms with Gasteiger partial charge >= 0.3 is 0 Å². The maximum atomic E-state index is 3.74. The van der Waals surface area contributed by atoms with Gasteiger partial charge in [0, 0.05) is 32.7 Å². The first-order valence-corrected chi connectivity index (χ1v) is 8.94. The molecule has 0 amide bonds. The molecule has 0 atom stereocenters. The largest absolute Gasteiger partial charge is 0.344 e. The summed E-state index contributed by atoms with van der Waals surface area (Å²) in [6.45, 7) is 20.2. The van der Waals surface area contributed by atoms with E-state index in [0.29, 0.717) is 0 Å². The van der Waals surface area contributed by atoms with Crippen molar-refractivity contribution in [1.82, 2.24) is 0 Å². The summed E-state index contributed by atoms with van der Waals surface area (Å²) >= 11 is 3.84. The van der Waals surface area contributed by atoms with Crippen LogP contribution in [0.2, 0.25) is 0 Å². The number of rotatable bonds is 5. The van der Waals surface area contributed by atoms with Crippen LogP contribution >= 0.6 is 23.5 Å². The van der Waals surface area contributed by atoms with E-state index in [0.717, 1.165) is 25.0 Å². The second kappa shape index (κ2) is 51.1. The van der Waals surface area contributed by atoms with E-state index in [9.17, 15) is 0 Å². The van der Waals surface area contributed by atoms with Gasteiger partial charge in [0.2, 0.25) is 0 Å². The number of thioether (sulfide) groups is 2. The third kappa shape index (κ3) is 109. The SMILES string of the molecule is [CH2-]CC.[CH2-]CC.[CH2-]CC.[CH2-]CSCCCSC.[Y]. The summed E-state index contributed by atoms with van der Waals surface area (Å²) in [6, 6.07) is 0. The zero-order valence-electron chi connectivity index (χ0n) is 13.2. The van der Waals surface area contributed by atoms with Crippen LogP contribution in [0.15, 0.2) is 0 Å². The van der Waals surface area contributed by atoms with Crippen LogP contribution in [-0.2, 0) is 32.7 Å². The molecule has 0 N–H and O–H groups in total. The van der Waals surface area contributed by atoms with Gasteiger partial charge in [-0.15, -0.1) is 5.75 Å². The van der Waals surface area contributed by atoms with E-state index in [1.54, 1.807) is 0 Å². The van der Waals surface area contributed by atoms with E-state index in [4.69, 9.17) is 0 Å². The van der Waals surface area contributed by atoms with Gasteiger partial charge in [-0.3, -0.25) is 0 Å². The first-order valence-electron chi connectivity index (χ1n) is 6.40. The predicted molar refractivity (Wildman–Crippen MR) is 92.6 cm³/mol. The molecular weight excluding hydrogens is 333 g/mol. The van der Waals surface area contributed by atoms with Crippen molar-refractivity contribution in [1.29, 1.82) is 0 Å². The van der Waals surface area contributed by atoms with Crippen molar-refractivity contribution in [3.05, 3.63) is 27.7 Å². The predicted octanol–water partition coefficient (Wildman–Crippen LogP) is 6.00. The molecule has 0 saturated carbocycles. The van der Waals surface area contributed by atoms with E-state index < -0.39 is 0 Å². The molecule has 0 aliphatic heterocycles. The first kappa shape index (κ1) is 32.0. The Hall–Kier alpha value is 1.80. The topological polar surface area (TPSA) is 0 Å². The summed E-state index contributed by atoms with van der Waals surface area (Å²) in [5, 5.41) is 0. The first-order chi connectivity index (χ1) is 8.16. The molecule has 0 saturated heterocycles. The van der Waals surface area contributed by atoms with E-state index in [1.165, 1.54) is 17.9 Å². The summed E-state index contributed by atoms with van der Waals surface area (Å²) in [4.78, 5) is 0. The minimum absolute atomic E-state index is 0. The van der Waals surface area contributed by atoms with Crippen molar-refractivity contribution in [3.8, 4) is 0 Å². The molecule has 0 nitrogen and oxygen atoms in total. The third-order valence-electron chi connectivity index (χ3n) is 0.781. The Labute approximate surface area is 152 Å². The standard InChI is InChI=1S/C6H13S2.3C3H7.Y/c1-3-8-6-4-5-7-2;3*1-3-2;/h1,3-6H2,2H3;3*1,3H2,2H3;/q4*-1;. The fraction of sp³-hybridized carbons (Fsp3) is 0.733. The van der Waals surface area contributed by atoms with E-state index >= 15 is 0 Å². The second-order valence-electron chi connectivity index (χ2n) is 2.96. The van der Waals surface area contributed by atoms with Crippen LogP contribution in [0.5, 0.6) is 0 Å². The summed E-state index contributed by atoms with van der Waals surface area (Å²) in [5.41, 5.74) is 0. The van der Waals surface area contributed by atoms with Crippen LogP contribution in [0.25, 0.3) is 0 Å². The molecule has 0 aliphatic rings. The van der Waals surface area contributed by atoms with Gasteiger partial charge in [0.1, 0.15) is 0 Å². The molecule has 0 bridgehead atoms. The molecule has 0 aromatic heterocycles. The van der Waals surface area contributed by atoms with Gasteiger partial charge in [-0.2, -0.15) is 42.8 Å². The Morgan fingerprint density at radius 2 is 1.11 bits per heavy atom. The quantitative estimate of drug-likeness (QED) is 0.432. The minimum Gasteiger partial charge on any atom is -0.344 e. The zero-order chi connectivity index (χ0) is 14.4. The molecule has 0 aromatic carbocycles. The average Bonchev–Trinajstić information content (AvgIpc) is 2.28. The molecule has 0 unspecified atom stereocenters. The molecule has 0 fully saturated rings. The average molecular weight is 367 g/mol. The number of hydrogen-bond acceptors (Lipinski definition) is 2. The maximum absolute atomic E-state index is 3.74. The smallest absolute Gasteiger partial charge is 0 e. The monoisotopic (exact) mass is 367 g/mol. The summed E-state index contributed by atoms with van der Waals surface area (Å²) in [5.74, 6) is 3.60. The van der Waals surface area contributed by atoms with Crippen LogP contribution in [0.4, 0.5) is 0 Å². The fourth-order valence-electron chi connectivity index (χ4n) is 0.407. The van der Waals surface area contributed by atoms with Gasteiger partial charge in [0.15, 0.2) is 0 Å². The van der Waals surface area contributed by atoms with E-state index in [1.807, 2.05) is 44.3 Å². The Balaban J connectivity index is -0.0000000477. The normalized spacial score (nSPS) is 7.33. The Morgan fingerprint density at radius 3 is 1.33 bits per heavy atom. The Morgan fingerprint density at radius 1 is 0.778 bits per heavy atom. The molecule has 3 heteroatoms. The Bertz CT molecular complexity index is 60.8. The van der Waals surface area contributed by atoms with Crippen LogP contribution < -0.4 is 0 Å². The van der Waals surface area contributed by atoms with Gasteiger partial charge < -0.3 is 27.7 Å². The molecule has 1 radical (unpaired) electrons. The van der Waals surface area contributed by atoms with Crippen molar-refractivity contribution in [2.75, 3.05) is 23.5 Å². The van der Waals surface area contributed by atoms with Crippen LogP contribution in [0, 0.1) is 27.7 Å². The van der Waals surface area contributed by atoms with E-state index in [2.05, 4.69) is 34.0 Å². The molecule has 0 aliphatic carbocycles. The molecule has 0 spiro atoms. The second-order valence-corrected chi connectivity index (χ2v) is 5.17. The fourth-order valence-corrected chi connectivity index (χ4v) is 1.58. The van der Waals surface area contributed by atoms with Gasteiger partial charge in [-0.1, -0.05) is 20.8 Å². The minimum atomic E-state index is 0. The van der Waals surface area contributed by atoms with Gasteiger partial charge in [0.25, 0.3) is 0 Å². The molecule has 0 aromatic rings. The van der Waals surface area contributed by atoms with Crippen LogP contribution in [0.1, 0.15) is 46.5 Å². The maximum Gasteiger partial charge on any atom is 0 e. The molecule has 113 valence electrons. The summed E-state index contributed by atoms with van der Waals surface area (Å²) < 4.78 is 0. The van der Waals surface area contributed by atoms with E-state index in [-0.39, 0.29) is 32.7 Å². The van der Waals surface area contributed by atoms with Gasteiger partial charge in [-0.25, -0.2) is 0 Å². The molecule has 0 rings (SSSR count). The zero-order valence-corrected chi connectivity index (χ0v) is 17.6. The summed E-state index contributed by atoms with van der Waals surface area (Å²) in [6.07, 6.45) is 6.48. The van der Waals surface area contributed by atoms with Crippen LogP contribution in [0.3, 0.4) is 0 Å². The molecular formula is C15H34S2Y-4. The summed E-state index contributed by atoms with van der Waals surface area (Å²) in [7, 11) is 0. The van der Waals surface area contributed by atoms with Gasteiger partial charge in [0.05, 0.1) is 0 Å². The number of hydrogen-bond donors (Lipinski definition) is 0. The van der Waals surface area contributed by atoms with Crippen molar-refractivity contribution in [3.63, 3.8) is 0 Å². The third-order valence-corrected chi connectivity index (χ3v) is 2.34. The van der Waals surface area contributed by atoms with Gasteiger partial charge in [-0.05, 0) is 24.2 Å². The van der Waals surface area contributed by atoms with Crippen molar-refractivity contribution in [2.45, 2.75) is 46.5 Å². The van der Waals surface area contributed by atoms with Crippen LogP contribution in [-0.4, -0.2) is 23.5 Å². The Kier molecular flexibility index (Phi) is 90.6.